The predicted octanol–water partition coefficient (Wildman–Crippen LogP) is 2.10. The van der Waals surface area contributed by atoms with E-state index in [9.17, 15) is 4.79 Å². The summed E-state index contributed by atoms with van der Waals surface area (Å²) in [4.78, 5) is 19.7. The molecule has 2 N–H and O–H groups in total. The first-order chi connectivity index (χ1) is 9.40. The molecular weight excluding hydrogens is 320 g/mol. The third kappa shape index (κ3) is 2.85. The number of fused-ring (bicyclic) bond motifs is 1. The first-order valence-electron chi connectivity index (χ1n) is 6.15. The second kappa shape index (κ2) is 5.66. The number of nitrogen functional groups attached to an aromatic ring is 1. The predicted molar refractivity (Wildman–Crippen MR) is 85.8 cm³/mol. The smallest absolute Gasteiger partial charge is 0.241 e. The summed E-state index contributed by atoms with van der Waals surface area (Å²) in [5, 5.41) is 0.876. The molecule has 0 bridgehead atoms. The molecule has 0 radical (unpaired) electrons. The first-order valence-corrected chi connectivity index (χ1v) is 6.94. The van der Waals surface area contributed by atoms with E-state index in [1.807, 2.05) is 30.1 Å². The van der Waals surface area contributed by atoms with E-state index in [0.29, 0.717) is 12.2 Å². The summed E-state index contributed by atoms with van der Waals surface area (Å²) < 4.78 is 0.876. The van der Waals surface area contributed by atoms with Crippen molar-refractivity contribution < 1.29 is 4.79 Å². The molecule has 106 valence electrons. The van der Waals surface area contributed by atoms with Crippen molar-refractivity contribution in [2.45, 2.75) is 0 Å². The van der Waals surface area contributed by atoms with Crippen molar-refractivity contribution in [1.29, 1.82) is 0 Å². The number of anilines is 2. The molecule has 5 nitrogen and oxygen atoms in total. The molecule has 0 fully saturated rings. The van der Waals surface area contributed by atoms with Crippen LogP contribution in [0.3, 0.4) is 0 Å². The van der Waals surface area contributed by atoms with Crippen molar-refractivity contribution in [2.24, 2.45) is 0 Å². The van der Waals surface area contributed by atoms with Crippen LogP contribution < -0.4 is 10.6 Å². The fourth-order valence-corrected chi connectivity index (χ4v) is 2.27. The van der Waals surface area contributed by atoms with Gasteiger partial charge in [0, 0.05) is 42.9 Å². The van der Waals surface area contributed by atoms with Gasteiger partial charge in [-0.2, -0.15) is 0 Å². The molecule has 0 aliphatic heterocycles. The molecule has 0 saturated carbocycles. The summed E-state index contributed by atoms with van der Waals surface area (Å²) in [6, 6.07) is 5.66. The Bertz CT molecular complexity index is 657. The van der Waals surface area contributed by atoms with Gasteiger partial charge in [-0.25, -0.2) is 0 Å². The molecule has 0 aliphatic carbocycles. The molecule has 0 atom stereocenters. The zero-order chi connectivity index (χ0) is 14.9. The zero-order valence-electron chi connectivity index (χ0n) is 11.7. The maximum Gasteiger partial charge on any atom is 0.241 e. The molecule has 1 amide bonds. The highest BCUT2D eigenvalue weighted by molar-refractivity contribution is 9.10. The summed E-state index contributed by atoms with van der Waals surface area (Å²) in [6.07, 6.45) is 1.73. The highest BCUT2D eigenvalue weighted by atomic mass is 79.9. The molecule has 0 unspecified atom stereocenters. The van der Waals surface area contributed by atoms with Gasteiger partial charge in [-0.1, -0.05) is 0 Å². The maximum atomic E-state index is 11.8. The van der Waals surface area contributed by atoms with Crippen LogP contribution in [0.4, 0.5) is 11.4 Å². The molecule has 0 spiro atoms. The molecule has 1 aromatic carbocycles. The molecular formula is C14H17BrN4O. The third-order valence-electron chi connectivity index (χ3n) is 3.11. The normalized spacial score (nSPS) is 10.6. The van der Waals surface area contributed by atoms with Crippen molar-refractivity contribution in [2.75, 3.05) is 38.3 Å². The van der Waals surface area contributed by atoms with E-state index in [0.717, 1.165) is 21.1 Å². The molecule has 2 rings (SSSR count). The Hall–Kier alpha value is -1.82. The van der Waals surface area contributed by atoms with E-state index in [-0.39, 0.29) is 5.91 Å². The summed E-state index contributed by atoms with van der Waals surface area (Å²) in [5.41, 5.74) is 8.34. The summed E-state index contributed by atoms with van der Waals surface area (Å²) in [6.45, 7) is 0.295. The highest BCUT2D eigenvalue weighted by Crippen LogP contribution is 2.30. The fraction of sp³-hybridized carbons (Fsp3) is 0.286. The van der Waals surface area contributed by atoms with Crippen LogP contribution in [0, 0.1) is 0 Å². The van der Waals surface area contributed by atoms with Gasteiger partial charge in [0.15, 0.2) is 0 Å². The van der Waals surface area contributed by atoms with Crippen LogP contribution in [-0.4, -0.2) is 43.5 Å². The van der Waals surface area contributed by atoms with Gasteiger partial charge in [0.05, 0.1) is 17.7 Å². The Labute approximate surface area is 126 Å². The molecule has 0 saturated heterocycles. The number of rotatable bonds is 3. The SMILES string of the molecule is CN(C)C(=O)CN(C)c1ccc(N)c2cc(Br)cnc12. The fourth-order valence-electron chi connectivity index (χ4n) is 1.94. The van der Waals surface area contributed by atoms with Gasteiger partial charge in [-0.05, 0) is 34.1 Å². The van der Waals surface area contributed by atoms with E-state index in [4.69, 9.17) is 5.73 Å². The van der Waals surface area contributed by atoms with Crippen molar-refractivity contribution >= 4 is 44.1 Å². The Morgan fingerprint density at radius 1 is 1.35 bits per heavy atom. The quantitative estimate of drug-likeness (QED) is 0.872. The topological polar surface area (TPSA) is 62.5 Å². The number of nitrogens with zero attached hydrogens (tertiary/aromatic N) is 3. The van der Waals surface area contributed by atoms with Gasteiger partial charge >= 0.3 is 0 Å². The number of hydrogen-bond acceptors (Lipinski definition) is 4. The molecule has 2 aromatic rings. The number of hydrogen-bond donors (Lipinski definition) is 1. The van der Waals surface area contributed by atoms with Crippen molar-refractivity contribution in [3.05, 3.63) is 28.9 Å². The van der Waals surface area contributed by atoms with Gasteiger partial charge < -0.3 is 15.5 Å². The van der Waals surface area contributed by atoms with E-state index in [1.54, 1.807) is 25.2 Å². The number of halogens is 1. The molecule has 6 heteroatoms. The third-order valence-corrected chi connectivity index (χ3v) is 3.54. The van der Waals surface area contributed by atoms with Crippen LogP contribution >= 0.6 is 15.9 Å². The van der Waals surface area contributed by atoms with Crippen molar-refractivity contribution in [3.63, 3.8) is 0 Å². The average Bonchev–Trinajstić information content (AvgIpc) is 2.39. The number of likely N-dealkylation sites (N-methyl/N-ethyl adjacent to an activating group) is 2. The Balaban J connectivity index is 2.44. The number of carbonyl (C=O) groups is 1. The lowest BCUT2D eigenvalue weighted by Gasteiger charge is -2.22. The van der Waals surface area contributed by atoms with Crippen LogP contribution in [0.5, 0.6) is 0 Å². The lowest BCUT2D eigenvalue weighted by atomic mass is 10.1. The largest absolute Gasteiger partial charge is 0.398 e. The minimum Gasteiger partial charge on any atom is -0.398 e. The molecule has 20 heavy (non-hydrogen) atoms. The van der Waals surface area contributed by atoms with Crippen LogP contribution in [-0.2, 0) is 4.79 Å². The molecule has 1 aromatic heterocycles. The van der Waals surface area contributed by atoms with Crippen LogP contribution in [0.2, 0.25) is 0 Å². The average molecular weight is 337 g/mol. The zero-order valence-corrected chi connectivity index (χ0v) is 13.3. The van der Waals surface area contributed by atoms with E-state index >= 15 is 0 Å². The maximum absolute atomic E-state index is 11.8. The number of amides is 1. The Morgan fingerprint density at radius 3 is 2.70 bits per heavy atom. The van der Waals surface area contributed by atoms with Crippen LogP contribution in [0.25, 0.3) is 10.9 Å². The number of pyridine rings is 1. The summed E-state index contributed by atoms with van der Waals surface area (Å²) in [7, 11) is 5.36. The minimum absolute atomic E-state index is 0.0367. The van der Waals surface area contributed by atoms with Gasteiger partial charge in [0.25, 0.3) is 0 Å². The Morgan fingerprint density at radius 2 is 2.05 bits per heavy atom. The molecule has 1 heterocycles. The standard InChI is InChI=1S/C14H17BrN4O/c1-18(2)13(20)8-19(3)12-5-4-11(16)10-6-9(15)7-17-14(10)12/h4-7H,8,16H2,1-3H3. The lowest BCUT2D eigenvalue weighted by Crippen LogP contribution is -2.34. The van der Waals surface area contributed by atoms with Gasteiger partial charge in [-0.15, -0.1) is 0 Å². The van der Waals surface area contributed by atoms with E-state index in [1.165, 1.54) is 0 Å². The lowest BCUT2D eigenvalue weighted by molar-refractivity contribution is -0.127. The number of benzene rings is 1. The monoisotopic (exact) mass is 336 g/mol. The van der Waals surface area contributed by atoms with Crippen LogP contribution in [0.1, 0.15) is 0 Å². The number of carbonyl (C=O) groups excluding carboxylic acids is 1. The first kappa shape index (κ1) is 14.6. The van der Waals surface area contributed by atoms with Crippen molar-refractivity contribution in [1.82, 2.24) is 9.88 Å². The van der Waals surface area contributed by atoms with Gasteiger partial charge in [0.1, 0.15) is 0 Å². The highest BCUT2D eigenvalue weighted by Gasteiger charge is 2.13. The summed E-state index contributed by atoms with van der Waals surface area (Å²) >= 11 is 3.40. The molecule has 0 aliphatic rings. The second-order valence-electron chi connectivity index (χ2n) is 4.87. The van der Waals surface area contributed by atoms with Crippen LogP contribution in [0.15, 0.2) is 28.9 Å². The Kier molecular flexibility index (Phi) is 4.13. The second-order valence-corrected chi connectivity index (χ2v) is 5.78. The van der Waals surface area contributed by atoms with E-state index in [2.05, 4.69) is 20.9 Å². The van der Waals surface area contributed by atoms with Gasteiger partial charge in [0.2, 0.25) is 5.91 Å². The number of aromatic nitrogens is 1. The minimum atomic E-state index is 0.0367. The van der Waals surface area contributed by atoms with Crippen molar-refractivity contribution in [3.8, 4) is 0 Å². The summed E-state index contributed by atoms with van der Waals surface area (Å²) in [5.74, 6) is 0.0367. The van der Waals surface area contributed by atoms with E-state index < -0.39 is 0 Å². The number of nitrogens with two attached hydrogens (primary N) is 1. The van der Waals surface area contributed by atoms with Gasteiger partial charge in [-0.3, -0.25) is 9.78 Å².